The van der Waals surface area contributed by atoms with Gasteiger partial charge in [-0.05, 0) is 39.5 Å². The maximum Gasteiger partial charge on any atom is 0.407 e. The van der Waals surface area contributed by atoms with E-state index in [1.165, 1.54) is 12.8 Å². The molecule has 0 bridgehead atoms. The van der Waals surface area contributed by atoms with Crippen LogP contribution in [0.2, 0.25) is 0 Å². The van der Waals surface area contributed by atoms with Crippen molar-refractivity contribution in [1.82, 2.24) is 20.4 Å². The molecule has 1 unspecified atom stereocenters. The monoisotopic (exact) mass is 324 g/mol. The molecule has 7 nitrogen and oxygen atoms in total. The molecular weight excluding hydrogens is 296 g/mol. The molecule has 0 radical (unpaired) electrons. The van der Waals surface area contributed by atoms with Gasteiger partial charge in [-0.25, -0.2) is 4.79 Å². The summed E-state index contributed by atoms with van der Waals surface area (Å²) < 4.78 is 6.99. The van der Waals surface area contributed by atoms with E-state index in [1.54, 1.807) is 10.9 Å². The molecule has 1 fully saturated rings. The predicted molar refractivity (Wildman–Crippen MR) is 86.9 cm³/mol. The third kappa shape index (κ3) is 6.58. The summed E-state index contributed by atoms with van der Waals surface area (Å²) in [6.07, 6.45) is 5.73. The van der Waals surface area contributed by atoms with Crippen molar-refractivity contribution in [3.8, 4) is 0 Å². The third-order valence-corrected chi connectivity index (χ3v) is 3.64. The summed E-state index contributed by atoms with van der Waals surface area (Å²) in [5.41, 5.74) is 0.592. The van der Waals surface area contributed by atoms with Crippen LogP contribution in [0.4, 0.5) is 4.79 Å². The van der Waals surface area contributed by atoms with Gasteiger partial charge < -0.3 is 20.5 Å². The normalized spacial score (nSPS) is 16.2. The quantitative estimate of drug-likeness (QED) is 0.670. The van der Waals surface area contributed by atoms with E-state index in [0.29, 0.717) is 25.6 Å². The van der Waals surface area contributed by atoms with E-state index in [1.807, 2.05) is 27.0 Å². The zero-order valence-electron chi connectivity index (χ0n) is 14.2. The fraction of sp³-hybridized carbons (Fsp3) is 0.750. The molecule has 1 aliphatic carbocycles. The van der Waals surface area contributed by atoms with Crippen molar-refractivity contribution in [2.75, 3.05) is 13.2 Å². The summed E-state index contributed by atoms with van der Waals surface area (Å²) in [5.74, 6) is 0.609. The van der Waals surface area contributed by atoms with Crippen molar-refractivity contribution in [3.63, 3.8) is 0 Å². The van der Waals surface area contributed by atoms with Crippen LogP contribution in [0.1, 0.15) is 39.2 Å². The molecule has 23 heavy (non-hydrogen) atoms. The number of rotatable bonds is 8. The number of ether oxygens (including phenoxy) is 1. The summed E-state index contributed by atoms with van der Waals surface area (Å²) in [5, 5.41) is 19.4. The zero-order chi connectivity index (χ0) is 16.9. The lowest BCUT2D eigenvalue weighted by molar-refractivity contribution is 0.0521. The number of hydrogen-bond acceptors (Lipinski definition) is 5. The van der Waals surface area contributed by atoms with E-state index in [9.17, 15) is 4.79 Å². The van der Waals surface area contributed by atoms with Crippen molar-refractivity contribution in [1.29, 1.82) is 0 Å². The van der Waals surface area contributed by atoms with Crippen LogP contribution in [0.25, 0.3) is 0 Å². The molecular formula is C16H28N4O3. The number of aliphatic hydroxyl groups excluding tert-OH is 1. The van der Waals surface area contributed by atoms with Crippen LogP contribution < -0.4 is 10.6 Å². The van der Waals surface area contributed by atoms with E-state index in [4.69, 9.17) is 9.84 Å². The standard InChI is InChI=1S/C16H28N4O3/c1-16(2,3)23-15(22)18-10-14(13-4-5-13)17-8-12-9-19-20(11-12)6-7-21/h9,11,13-14,17,21H,4-8,10H2,1-3H3,(H,18,22). The first kappa shape index (κ1) is 17.7. The van der Waals surface area contributed by atoms with Crippen LogP contribution in [0.3, 0.4) is 0 Å². The van der Waals surface area contributed by atoms with Crippen LogP contribution in [0.15, 0.2) is 12.4 Å². The molecule has 3 N–H and O–H groups in total. The maximum absolute atomic E-state index is 11.8. The van der Waals surface area contributed by atoms with Gasteiger partial charge in [0.05, 0.1) is 19.3 Å². The fourth-order valence-corrected chi connectivity index (χ4v) is 2.38. The Morgan fingerprint density at radius 2 is 2.26 bits per heavy atom. The molecule has 1 aromatic rings. The molecule has 1 aliphatic rings. The average Bonchev–Trinajstić information content (AvgIpc) is 3.18. The summed E-state index contributed by atoms with van der Waals surface area (Å²) in [7, 11) is 0. The number of nitrogens with one attached hydrogen (secondary N) is 2. The number of amides is 1. The Hall–Kier alpha value is -1.60. The Labute approximate surface area is 137 Å². The highest BCUT2D eigenvalue weighted by atomic mass is 16.6. The van der Waals surface area contributed by atoms with Gasteiger partial charge in [-0.15, -0.1) is 0 Å². The second-order valence-corrected chi connectivity index (χ2v) is 7.04. The first-order chi connectivity index (χ1) is 10.9. The van der Waals surface area contributed by atoms with Crippen molar-refractivity contribution in [3.05, 3.63) is 18.0 Å². The molecule has 7 heteroatoms. The average molecular weight is 324 g/mol. The van der Waals surface area contributed by atoms with Gasteiger partial charge in [-0.1, -0.05) is 0 Å². The highest BCUT2D eigenvalue weighted by Gasteiger charge is 2.31. The number of aliphatic hydroxyl groups is 1. The van der Waals surface area contributed by atoms with Gasteiger partial charge in [0.2, 0.25) is 0 Å². The first-order valence-electron chi connectivity index (χ1n) is 8.20. The van der Waals surface area contributed by atoms with Crippen molar-refractivity contribution in [2.45, 2.75) is 58.3 Å². The lowest BCUT2D eigenvalue weighted by Gasteiger charge is -2.22. The van der Waals surface area contributed by atoms with Crippen LogP contribution in [-0.4, -0.2) is 45.8 Å². The summed E-state index contributed by atoms with van der Waals surface area (Å²) >= 11 is 0. The Morgan fingerprint density at radius 3 is 2.87 bits per heavy atom. The van der Waals surface area contributed by atoms with Gasteiger partial charge in [0.15, 0.2) is 0 Å². The van der Waals surface area contributed by atoms with E-state index in [2.05, 4.69) is 15.7 Å². The number of nitrogens with zero attached hydrogens (tertiary/aromatic N) is 2. The molecule has 130 valence electrons. The number of hydrogen-bond donors (Lipinski definition) is 3. The van der Waals surface area contributed by atoms with Gasteiger partial charge in [0.25, 0.3) is 0 Å². The molecule has 0 spiro atoms. The van der Waals surface area contributed by atoms with Crippen LogP contribution in [0, 0.1) is 5.92 Å². The Balaban J connectivity index is 1.76. The lowest BCUT2D eigenvalue weighted by Crippen LogP contribution is -2.43. The summed E-state index contributed by atoms with van der Waals surface area (Å²) in [6.45, 7) is 7.41. The van der Waals surface area contributed by atoms with Gasteiger partial charge in [0.1, 0.15) is 5.60 Å². The largest absolute Gasteiger partial charge is 0.444 e. The highest BCUT2D eigenvalue weighted by molar-refractivity contribution is 5.67. The van der Waals surface area contributed by atoms with Crippen LogP contribution in [-0.2, 0) is 17.8 Å². The topological polar surface area (TPSA) is 88.4 Å². The summed E-state index contributed by atoms with van der Waals surface area (Å²) in [6, 6.07) is 0.240. The lowest BCUT2D eigenvalue weighted by atomic mass is 10.1. The highest BCUT2D eigenvalue weighted by Crippen LogP contribution is 2.32. The van der Waals surface area contributed by atoms with Crippen molar-refractivity contribution in [2.24, 2.45) is 5.92 Å². The number of carbonyl (C=O) groups excluding carboxylic acids is 1. The van der Waals surface area contributed by atoms with Crippen LogP contribution >= 0.6 is 0 Å². The molecule has 0 aliphatic heterocycles. The summed E-state index contributed by atoms with van der Waals surface area (Å²) in [4.78, 5) is 11.8. The zero-order valence-corrected chi connectivity index (χ0v) is 14.2. The Kier molecular flexibility index (Phi) is 6.01. The van der Waals surface area contributed by atoms with Crippen LogP contribution in [0.5, 0.6) is 0 Å². The van der Waals surface area contributed by atoms with Gasteiger partial charge in [0, 0.05) is 30.9 Å². The molecule has 1 atom stereocenters. The predicted octanol–water partition coefficient (Wildman–Crippen LogP) is 1.27. The SMILES string of the molecule is CC(C)(C)OC(=O)NCC(NCc1cnn(CCO)c1)C1CC1. The Bertz CT molecular complexity index is 506. The minimum atomic E-state index is -0.478. The first-order valence-corrected chi connectivity index (χ1v) is 8.20. The molecule has 2 rings (SSSR count). The molecule has 0 aromatic carbocycles. The smallest absolute Gasteiger partial charge is 0.407 e. The molecule has 1 heterocycles. The third-order valence-electron chi connectivity index (χ3n) is 3.64. The van der Waals surface area contributed by atoms with E-state index >= 15 is 0 Å². The number of carbonyl (C=O) groups is 1. The van der Waals surface area contributed by atoms with Gasteiger partial charge >= 0.3 is 6.09 Å². The molecule has 0 saturated heterocycles. The van der Waals surface area contributed by atoms with Gasteiger partial charge in [-0.2, -0.15) is 5.10 Å². The second-order valence-electron chi connectivity index (χ2n) is 7.04. The number of alkyl carbamates (subject to hydrolysis) is 1. The molecule has 1 saturated carbocycles. The second kappa shape index (κ2) is 7.79. The molecule has 1 amide bonds. The van der Waals surface area contributed by atoms with E-state index in [-0.39, 0.29) is 18.7 Å². The van der Waals surface area contributed by atoms with E-state index in [0.717, 1.165) is 5.56 Å². The number of aromatic nitrogens is 2. The minimum Gasteiger partial charge on any atom is -0.444 e. The minimum absolute atomic E-state index is 0.0824. The fourth-order valence-electron chi connectivity index (χ4n) is 2.38. The Morgan fingerprint density at radius 1 is 1.52 bits per heavy atom. The van der Waals surface area contributed by atoms with Crippen molar-refractivity contribution >= 4 is 6.09 Å². The molecule has 1 aromatic heterocycles. The maximum atomic E-state index is 11.8. The van der Waals surface area contributed by atoms with E-state index < -0.39 is 5.60 Å². The van der Waals surface area contributed by atoms with Gasteiger partial charge in [-0.3, -0.25) is 4.68 Å². The van der Waals surface area contributed by atoms with Crippen molar-refractivity contribution < 1.29 is 14.6 Å².